The summed E-state index contributed by atoms with van der Waals surface area (Å²) in [6.07, 6.45) is 4.63. The van der Waals surface area contributed by atoms with Crippen molar-refractivity contribution in [3.63, 3.8) is 0 Å². The lowest BCUT2D eigenvalue weighted by Gasteiger charge is -1.97. The molecular formula is C7H6N4O. The third-order valence-electron chi connectivity index (χ3n) is 1.27. The summed E-state index contributed by atoms with van der Waals surface area (Å²) in [5, 5.41) is 10.1. The van der Waals surface area contributed by atoms with Crippen LogP contribution in [0.1, 0.15) is 0 Å². The number of aromatic nitrogens is 3. The van der Waals surface area contributed by atoms with E-state index in [-0.39, 0.29) is 0 Å². The number of hydrogen-bond donors (Lipinski definition) is 1. The molecule has 0 aliphatic heterocycles. The first-order chi connectivity index (χ1) is 5.95. The highest BCUT2D eigenvalue weighted by molar-refractivity contribution is 5.48. The van der Waals surface area contributed by atoms with Gasteiger partial charge in [0.2, 0.25) is 6.39 Å². The average molecular weight is 162 g/mol. The van der Waals surface area contributed by atoms with E-state index in [4.69, 9.17) is 4.42 Å². The van der Waals surface area contributed by atoms with E-state index in [0.29, 0.717) is 6.01 Å². The second kappa shape index (κ2) is 3.00. The maximum absolute atomic E-state index is 4.88. The van der Waals surface area contributed by atoms with Gasteiger partial charge < -0.3 is 9.73 Å². The highest BCUT2D eigenvalue weighted by Gasteiger charge is 1.96. The Morgan fingerprint density at radius 3 is 3.08 bits per heavy atom. The average Bonchev–Trinajstić information content (AvgIpc) is 2.59. The zero-order valence-electron chi connectivity index (χ0n) is 6.14. The van der Waals surface area contributed by atoms with Crippen molar-refractivity contribution in [3.8, 4) is 0 Å². The molecule has 0 fully saturated rings. The Hall–Kier alpha value is -1.91. The molecule has 0 bridgehead atoms. The topological polar surface area (TPSA) is 63.8 Å². The van der Waals surface area contributed by atoms with E-state index in [2.05, 4.69) is 20.5 Å². The van der Waals surface area contributed by atoms with Crippen LogP contribution in [0.3, 0.4) is 0 Å². The maximum atomic E-state index is 4.88. The molecule has 2 aromatic heterocycles. The molecule has 0 aromatic carbocycles. The lowest BCUT2D eigenvalue weighted by molar-refractivity contribution is 0.571. The number of rotatable bonds is 2. The highest BCUT2D eigenvalue weighted by Crippen LogP contribution is 2.10. The Kier molecular flexibility index (Phi) is 1.69. The lowest BCUT2D eigenvalue weighted by Crippen LogP contribution is -1.90. The molecule has 0 atom stereocenters. The predicted molar refractivity (Wildman–Crippen MR) is 41.8 cm³/mol. The van der Waals surface area contributed by atoms with Gasteiger partial charge in [-0.15, -0.1) is 5.10 Å². The molecule has 12 heavy (non-hydrogen) atoms. The number of nitrogens with one attached hydrogen (secondary N) is 1. The molecule has 0 spiro atoms. The summed E-state index contributed by atoms with van der Waals surface area (Å²) in [5.74, 6) is 0. The van der Waals surface area contributed by atoms with Gasteiger partial charge in [-0.2, -0.15) is 0 Å². The summed E-state index contributed by atoms with van der Waals surface area (Å²) >= 11 is 0. The summed E-state index contributed by atoms with van der Waals surface area (Å²) in [6.45, 7) is 0. The minimum absolute atomic E-state index is 0.364. The molecule has 0 saturated carbocycles. The van der Waals surface area contributed by atoms with E-state index in [0.717, 1.165) is 5.69 Å². The van der Waals surface area contributed by atoms with Crippen LogP contribution in [0.5, 0.6) is 0 Å². The second-order valence-corrected chi connectivity index (χ2v) is 2.11. The van der Waals surface area contributed by atoms with Crippen molar-refractivity contribution < 1.29 is 4.42 Å². The maximum Gasteiger partial charge on any atom is 0.319 e. The second-order valence-electron chi connectivity index (χ2n) is 2.11. The molecular weight excluding hydrogens is 156 g/mol. The molecule has 0 amide bonds. The van der Waals surface area contributed by atoms with E-state index in [9.17, 15) is 0 Å². The van der Waals surface area contributed by atoms with Crippen LogP contribution in [-0.4, -0.2) is 15.2 Å². The van der Waals surface area contributed by atoms with Gasteiger partial charge >= 0.3 is 6.01 Å². The third kappa shape index (κ3) is 1.39. The van der Waals surface area contributed by atoms with Gasteiger partial charge in [0.1, 0.15) is 0 Å². The SMILES string of the molecule is c1cncc(Nc2nnco2)c1. The molecule has 0 aliphatic carbocycles. The molecule has 5 heteroatoms. The lowest BCUT2D eigenvalue weighted by atomic mass is 10.4. The van der Waals surface area contributed by atoms with Crippen LogP contribution in [0.4, 0.5) is 11.7 Å². The minimum Gasteiger partial charge on any atom is -0.411 e. The van der Waals surface area contributed by atoms with E-state index in [1.807, 2.05) is 12.1 Å². The Balaban J connectivity index is 2.15. The third-order valence-corrected chi connectivity index (χ3v) is 1.27. The van der Waals surface area contributed by atoms with Gasteiger partial charge in [0.05, 0.1) is 11.9 Å². The quantitative estimate of drug-likeness (QED) is 0.718. The summed E-state index contributed by atoms with van der Waals surface area (Å²) in [7, 11) is 0. The molecule has 0 aliphatic rings. The first-order valence-corrected chi connectivity index (χ1v) is 3.38. The molecule has 0 radical (unpaired) electrons. The van der Waals surface area contributed by atoms with Crippen molar-refractivity contribution >= 4 is 11.7 Å². The van der Waals surface area contributed by atoms with Crippen molar-refractivity contribution in [2.24, 2.45) is 0 Å². The van der Waals surface area contributed by atoms with E-state index in [1.54, 1.807) is 12.4 Å². The van der Waals surface area contributed by atoms with Crippen LogP contribution in [0.15, 0.2) is 35.3 Å². The monoisotopic (exact) mass is 162 g/mol. The Morgan fingerprint density at radius 2 is 2.42 bits per heavy atom. The van der Waals surface area contributed by atoms with Gasteiger partial charge in [0.25, 0.3) is 0 Å². The van der Waals surface area contributed by atoms with Crippen molar-refractivity contribution in [1.82, 2.24) is 15.2 Å². The molecule has 1 N–H and O–H groups in total. The Morgan fingerprint density at radius 1 is 1.42 bits per heavy atom. The van der Waals surface area contributed by atoms with Gasteiger partial charge in [-0.05, 0) is 12.1 Å². The summed E-state index contributed by atoms with van der Waals surface area (Å²) in [5.41, 5.74) is 0.821. The number of nitrogens with zero attached hydrogens (tertiary/aromatic N) is 3. The highest BCUT2D eigenvalue weighted by atomic mass is 16.4. The van der Waals surface area contributed by atoms with Gasteiger partial charge in [0.15, 0.2) is 0 Å². The first-order valence-electron chi connectivity index (χ1n) is 3.38. The van der Waals surface area contributed by atoms with Crippen LogP contribution < -0.4 is 5.32 Å². The zero-order valence-corrected chi connectivity index (χ0v) is 6.14. The molecule has 0 saturated heterocycles. The fourth-order valence-corrected chi connectivity index (χ4v) is 0.788. The number of hydrogen-bond acceptors (Lipinski definition) is 5. The normalized spacial score (nSPS) is 9.67. The summed E-state index contributed by atoms with van der Waals surface area (Å²) in [4.78, 5) is 3.91. The smallest absolute Gasteiger partial charge is 0.319 e. The Labute approximate surface area is 68.5 Å². The van der Waals surface area contributed by atoms with Crippen LogP contribution in [-0.2, 0) is 0 Å². The van der Waals surface area contributed by atoms with Crippen molar-refractivity contribution in [3.05, 3.63) is 30.9 Å². The molecule has 2 heterocycles. The van der Waals surface area contributed by atoms with Crippen molar-refractivity contribution in [1.29, 1.82) is 0 Å². The molecule has 0 unspecified atom stereocenters. The molecule has 2 aromatic rings. The van der Waals surface area contributed by atoms with Crippen molar-refractivity contribution in [2.75, 3.05) is 5.32 Å². The summed E-state index contributed by atoms with van der Waals surface area (Å²) in [6, 6.07) is 4.04. The fraction of sp³-hybridized carbons (Fsp3) is 0. The fourth-order valence-electron chi connectivity index (χ4n) is 0.788. The predicted octanol–water partition coefficient (Wildman–Crippen LogP) is 1.21. The van der Waals surface area contributed by atoms with Gasteiger partial charge in [-0.3, -0.25) is 4.98 Å². The van der Waals surface area contributed by atoms with Crippen LogP contribution in [0.25, 0.3) is 0 Å². The summed E-state index contributed by atoms with van der Waals surface area (Å²) < 4.78 is 4.88. The van der Waals surface area contributed by atoms with E-state index in [1.165, 1.54) is 6.39 Å². The number of anilines is 2. The molecule has 2 rings (SSSR count). The minimum atomic E-state index is 0.364. The van der Waals surface area contributed by atoms with Crippen LogP contribution in [0, 0.1) is 0 Å². The van der Waals surface area contributed by atoms with Crippen LogP contribution in [0.2, 0.25) is 0 Å². The van der Waals surface area contributed by atoms with Gasteiger partial charge in [0, 0.05) is 6.20 Å². The zero-order chi connectivity index (χ0) is 8.23. The molecule has 60 valence electrons. The van der Waals surface area contributed by atoms with Crippen LogP contribution >= 0.6 is 0 Å². The standard InChI is InChI=1S/C7H6N4O/c1-2-6(4-8-3-1)10-7-11-9-5-12-7/h1-5H,(H,10,11). The number of pyridine rings is 1. The Bertz CT molecular complexity index is 332. The largest absolute Gasteiger partial charge is 0.411 e. The van der Waals surface area contributed by atoms with E-state index < -0.39 is 0 Å². The first kappa shape index (κ1) is 6.78. The molecule has 5 nitrogen and oxygen atoms in total. The van der Waals surface area contributed by atoms with Gasteiger partial charge in [-0.25, -0.2) is 0 Å². The van der Waals surface area contributed by atoms with Gasteiger partial charge in [-0.1, -0.05) is 5.10 Å². The van der Waals surface area contributed by atoms with Crippen molar-refractivity contribution in [2.45, 2.75) is 0 Å². The van der Waals surface area contributed by atoms with E-state index >= 15 is 0 Å².